The zero-order valence-electron chi connectivity index (χ0n) is 14.9. The van der Waals surface area contributed by atoms with E-state index in [0.717, 1.165) is 24.9 Å². The molecule has 4 heteroatoms. The Labute approximate surface area is 154 Å². The molecule has 0 radical (unpaired) electrons. The number of para-hydroxylation sites is 1. The Morgan fingerprint density at radius 3 is 2.54 bits per heavy atom. The molecule has 4 rings (SSSR count). The van der Waals surface area contributed by atoms with Crippen molar-refractivity contribution in [3.63, 3.8) is 0 Å². The van der Waals surface area contributed by atoms with E-state index in [2.05, 4.69) is 35.6 Å². The topological polar surface area (TPSA) is 49.4 Å². The van der Waals surface area contributed by atoms with Crippen molar-refractivity contribution < 1.29 is 9.59 Å². The molecule has 4 nitrogen and oxygen atoms in total. The van der Waals surface area contributed by atoms with Crippen LogP contribution in [0, 0.1) is 5.92 Å². The highest BCUT2D eigenvalue weighted by Gasteiger charge is 2.25. The molecule has 1 saturated heterocycles. The van der Waals surface area contributed by atoms with Crippen molar-refractivity contribution in [2.75, 3.05) is 11.4 Å². The summed E-state index contributed by atoms with van der Waals surface area (Å²) in [7, 11) is 0. The van der Waals surface area contributed by atoms with Crippen molar-refractivity contribution in [1.82, 2.24) is 5.32 Å². The molecule has 2 aliphatic rings. The van der Waals surface area contributed by atoms with Crippen LogP contribution in [-0.2, 0) is 22.6 Å². The fourth-order valence-electron chi connectivity index (χ4n) is 3.98. The molecule has 0 bridgehead atoms. The van der Waals surface area contributed by atoms with Gasteiger partial charge < -0.3 is 10.2 Å². The molecule has 0 spiro atoms. The molecule has 2 heterocycles. The minimum absolute atomic E-state index is 0.130. The van der Waals surface area contributed by atoms with Crippen LogP contribution in [0.4, 0.5) is 5.69 Å². The SMILES string of the molecule is O=C1CCC(CCC(=O)N2Cc3ccccc3Cc3ccccc32)CN1. The van der Waals surface area contributed by atoms with Crippen LogP contribution in [-0.4, -0.2) is 18.4 Å². The van der Waals surface area contributed by atoms with Gasteiger partial charge in [0.05, 0.1) is 6.54 Å². The summed E-state index contributed by atoms with van der Waals surface area (Å²) in [5, 5.41) is 2.91. The molecular weight excluding hydrogens is 324 g/mol. The van der Waals surface area contributed by atoms with Gasteiger partial charge in [0.25, 0.3) is 0 Å². The summed E-state index contributed by atoms with van der Waals surface area (Å²) in [6.07, 6.45) is 3.69. The number of rotatable bonds is 3. The predicted octanol–water partition coefficient (Wildman–Crippen LogP) is 3.43. The Bertz CT molecular complexity index is 820. The molecule has 2 aromatic rings. The fraction of sp³-hybridized carbons (Fsp3) is 0.364. The van der Waals surface area contributed by atoms with Crippen LogP contribution in [0.15, 0.2) is 48.5 Å². The summed E-state index contributed by atoms with van der Waals surface area (Å²) >= 11 is 0. The number of fused-ring (bicyclic) bond motifs is 2. The first-order valence-electron chi connectivity index (χ1n) is 9.42. The Kier molecular flexibility index (Phi) is 4.74. The largest absolute Gasteiger partial charge is 0.356 e. The molecule has 0 aromatic heterocycles. The number of carbonyl (C=O) groups excluding carboxylic acids is 2. The summed E-state index contributed by atoms with van der Waals surface area (Å²) in [5.41, 5.74) is 4.76. The zero-order chi connectivity index (χ0) is 17.9. The molecule has 134 valence electrons. The number of piperidine rings is 1. The third kappa shape index (κ3) is 3.50. The molecule has 2 amide bonds. The highest BCUT2D eigenvalue weighted by Crippen LogP contribution is 2.31. The van der Waals surface area contributed by atoms with E-state index in [0.29, 0.717) is 31.8 Å². The van der Waals surface area contributed by atoms with Crippen molar-refractivity contribution in [2.24, 2.45) is 5.92 Å². The molecular formula is C22H24N2O2. The zero-order valence-corrected chi connectivity index (χ0v) is 14.9. The lowest BCUT2D eigenvalue weighted by molar-refractivity contribution is -0.123. The van der Waals surface area contributed by atoms with Crippen LogP contribution in [0.2, 0.25) is 0 Å². The van der Waals surface area contributed by atoms with E-state index in [9.17, 15) is 9.59 Å². The fourth-order valence-corrected chi connectivity index (χ4v) is 3.98. The normalized spacial score (nSPS) is 19.2. The maximum absolute atomic E-state index is 13.1. The first kappa shape index (κ1) is 16.8. The summed E-state index contributed by atoms with van der Waals surface area (Å²) in [4.78, 5) is 26.3. The quantitative estimate of drug-likeness (QED) is 0.924. The number of nitrogens with one attached hydrogen (secondary N) is 1. The van der Waals surface area contributed by atoms with Crippen LogP contribution >= 0.6 is 0 Å². The number of hydrogen-bond acceptors (Lipinski definition) is 2. The lowest BCUT2D eigenvalue weighted by atomic mass is 9.94. The standard InChI is InChI=1S/C22H24N2O2/c25-21-11-9-16(14-23-21)10-12-22(26)24-15-19-7-2-1-5-17(19)13-18-6-3-4-8-20(18)24/h1-8,16H,9-15H2,(H,23,25). The Morgan fingerprint density at radius 1 is 1.04 bits per heavy atom. The molecule has 2 aliphatic heterocycles. The highest BCUT2D eigenvalue weighted by atomic mass is 16.2. The van der Waals surface area contributed by atoms with Gasteiger partial charge in [0.15, 0.2) is 0 Å². The minimum atomic E-state index is 0.130. The number of carbonyl (C=O) groups is 2. The minimum Gasteiger partial charge on any atom is -0.356 e. The van der Waals surface area contributed by atoms with Crippen LogP contribution in [0.25, 0.3) is 0 Å². The average molecular weight is 348 g/mol. The van der Waals surface area contributed by atoms with Crippen LogP contribution in [0.1, 0.15) is 42.4 Å². The number of nitrogens with zero attached hydrogens (tertiary/aromatic N) is 1. The lowest BCUT2D eigenvalue weighted by Gasteiger charge is -2.26. The van der Waals surface area contributed by atoms with E-state index in [1.807, 2.05) is 23.1 Å². The van der Waals surface area contributed by atoms with Gasteiger partial charge in [-0.05, 0) is 47.9 Å². The van der Waals surface area contributed by atoms with Gasteiger partial charge >= 0.3 is 0 Å². The molecule has 1 unspecified atom stereocenters. The van der Waals surface area contributed by atoms with E-state index < -0.39 is 0 Å². The van der Waals surface area contributed by atoms with Crippen LogP contribution in [0.3, 0.4) is 0 Å². The third-order valence-corrected chi connectivity index (χ3v) is 5.55. The molecule has 2 aromatic carbocycles. The van der Waals surface area contributed by atoms with E-state index in [4.69, 9.17) is 0 Å². The third-order valence-electron chi connectivity index (χ3n) is 5.55. The van der Waals surface area contributed by atoms with Crippen LogP contribution < -0.4 is 10.2 Å². The second-order valence-electron chi connectivity index (χ2n) is 7.30. The van der Waals surface area contributed by atoms with Gasteiger partial charge in [-0.15, -0.1) is 0 Å². The van der Waals surface area contributed by atoms with Gasteiger partial charge in [0.2, 0.25) is 11.8 Å². The first-order valence-corrected chi connectivity index (χ1v) is 9.42. The van der Waals surface area contributed by atoms with E-state index in [1.165, 1.54) is 16.7 Å². The maximum Gasteiger partial charge on any atom is 0.227 e. The van der Waals surface area contributed by atoms with Crippen molar-refractivity contribution in [3.05, 3.63) is 65.2 Å². The smallest absolute Gasteiger partial charge is 0.227 e. The van der Waals surface area contributed by atoms with Gasteiger partial charge in [-0.1, -0.05) is 42.5 Å². The molecule has 1 N–H and O–H groups in total. The number of hydrogen-bond donors (Lipinski definition) is 1. The molecule has 0 saturated carbocycles. The van der Waals surface area contributed by atoms with Crippen molar-refractivity contribution in [3.8, 4) is 0 Å². The average Bonchev–Trinajstić information content (AvgIpc) is 2.84. The van der Waals surface area contributed by atoms with Gasteiger partial charge in [-0.2, -0.15) is 0 Å². The second-order valence-corrected chi connectivity index (χ2v) is 7.30. The van der Waals surface area contributed by atoms with E-state index >= 15 is 0 Å². The number of anilines is 1. The van der Waals surface area contributed by atoms with E-state index in [1.54, 1.807) is 0 Å². The van der Waals surface area contributed by atoms with Crippen LogP contribution in [0.5, 0.6) is 0 Å². The van der Waals surface area contributed by atoms with Crippen molar-refractivity contribution in [2.45, 2.75) is 38.6 Å². The summed E-state index contributed by atoms with van der Waals surface area (Å²) in [5.74, 6) is 0.711. The molecule has 0 aliphatic carbocycles. The van der Waals surface area contributed by atoms with Gasteiger partial charge in [-0.3, -0.25) is 9.59 Å². The summed E-state index contributed by atoms with van der Waals surface area (Å²) in [6.45, 7) is 1.33. The van der Waals surface area contributed by atoms with E-state index in [-0.39, 0.29) is 11.8 Å². The number of amides is 2. The monoisotopic (exact) mass is 348 g/mol. The Hall–Kier alpha value is -2.62. The highest BCUT2D eigenvalue weighted by molar-refractivity contribution is 5.94. The predicted molar refractivity (Wildman–Crippen MR) is 102 cm³/mol. The maximum atomic E-state index is 13.1. The Morgan fingerprint density at radius 2 is 1.77 bits per heavy atom. The van der Waals surface area contributed by atoms with Crippen molar-refractivity contribution in [1.29, 1.82) is 0 Å². The number of benzene rings is 2. The second kappa shape index (κ2) is 7.32. The first-order chi connectivity index (χ1) is 12.7. The van der Waals surface area contributed by atoms with Crippen molar-refractivity contribution >= 4 is 17.5 Å². The van der Waals surface area contributed by atoms with Gasteiger partial charge in [0, 0.05) is 25.1 Å². The summed E-state index contributed by atoms with van der Waals surface area (Å²) < 4.78 is 0. The van der Waals surface area contributed by atoms with Gasteiger partial charge in [-0.25, -0.2) is 0 Å². The molecule has 1 atom stereocenters. The lowest BCUT2D eigenvalue weighted by Crippen LogP contribution is -2.36. The Balaban J connectivity index is 1.52. The molecule has 1 fully saturated rings. The van der Waals surface area contributed by atoms with Gasteiger partial charge in [0.1, 0.15) is 0 Å². The summed E-state index contributed by atoms with van der Waals surface area (Å²) in [6, 6.07) is 16.6. The molecule has 26 heavy (non-hydrogen) atoms.